The summed E-state index contributed by atoms with van der Waals surface area (Å²) >= 11 is 12.1. The van der Waals surface area contributed by atoms with Gasteiger partial charge in [-0.2, -0.15) is 0 Å². The van der Waals surface area contributed by atoms with Crippen molar-refractivity contribution >= 4 is 34.4 Å². The van der Waals surface area contributed by atoms with Gasteiger partial charge in [-0.05, 0) is 36.7 Å². The zero-order valence-electron chi connectivity index (χ0n) is 12.2. The number of hydrogen-bond donors (Lipinski definition) is 1. The molecule has 3 rings (SSSR count). The molecule has 0 atom stereocenters. The Bertz CT molecular complexity index is 809. The van der Waals surface area contributed by atoms with Crippen LogP contribution in [0.15, 0.2) is 30.3 Å². The summed E-state index contributed by atoms with van der Waals surface area (Å²) in [6.45, 7) is 2.70. The summed E-state index contributed by atoms with van der Waals surface area (Å²) in [5.74, 6) is 0.924. The quantitative estimate of drug-likeness (QED) is 0.738. The number of nitrogens with two attached hydrogens (primary N) is 1. The molecule has 0 radical (unpaired) electrons. The Morgan fingerprint density at radius 2 is 1.86 bits per heavy atom. The maximum atomic E-state index is 6.12. The molecule has 3 aromatic rings. The summed E-state index contributed by atoms with van der Waals surface area (Å²) in [4.78, 5) is 8.82. The Kier molecular flexibility index (Phi) is 4.34. The second-order valence-electron chi connectivity index (χ2n) is 5.03. The van der Waals surface area contributed by atoms with Crippen molar-refractivity contribution in [3.8, 4) is 5.69 Å². The lowest BCUT2D eigenvalue weighted by Crippen LogP contribution is -2.03. The molecule has 0 bridgehead atoms. The van der Waals surface area contributed by atoms with Crippen LogP contribution in [0.3, 0.4) is 0 Å². The summed E-state index contributed by atoms with van der Waals surface area (Å²) in [5.41, 5.74) is 9.30. The minimum Gasteiger partial charge on any atom is -0.330 e. The number of rotatable bonds is 4. The van der Waals surface area contributed by atoms with Gasteiger partial charge in [0.1, 0.15) is 11.0 Å². The molecule has 0 amide bonds. The van der Waals surface area contributed by atoms with Crippen molar-refractivity contribution in [1.29, 1.82) is 0 Å². The van der Waals surface area contributed by atoms with Gasteiger partial charge in [-0.1, -0.05) is 42.3 Å². The van der Waals surface area contributed by atoms with Crippen molar-refractivity contribution in [2.45, 2.75) is 19.8 Å². The molecule has 0 aliphatic heterocycles. The number of pyridine rings is 1. The Labute approximate surface area is 138 Å². The third-order valence-electron chi connectivity index (χ3n) is 3.57. The van der Waals surface area contributed by atoms with Crippen molar-refractivity contribution in [3.05, 3.63) is 51.9 Å². The van der Waals surface area contributed by atoms with E-state index in [0.29, 0.717) is 17.2 Å². The highest BCUT2D eigenvalue weighted by Gasteiger charge is 2.14. The van der Waals surface area contributed by atoms with Crippen LogP contribution in [0.25, 0.3) is 16.9 Å². The van der Waals surface area contributed by atoms with Gasteiger partial charge in [-0.15, -0.1) is 0 Å². The van der Waals surface area contributed by atoms with Crippen LogP contribution in [-0.2, 0) is 12.8 Å². The van der Waals surface area contributed by atoms with Gasteiger partial charge < -0.3 is 5.73 Å². The Morgan fingerprint density at radius 3 is 2.50 bits per heavy atom. The van der Waals surface area contributed by atoms with Crippen molar-refractivity contribution in [2.75, 3.05) is 6.54 Å². The molecule has 2 heterocycles. The molecule has 22 heavy (non-hydrogen) atoms. The molecule has 1 aromatic carbocycles. The fourth-order valence-electron chi connectivity index (χ4n) is 2.51. The van der Waals surface area contributed by atoms with E-state index in [1.165, 1.54) is 5.56 Å². The molecule has 2 N–H and O–H groups in total. The van der Waals surface area contributed by atoms with E-state index in [-0.39, 0.29) is 5.15 Å². The minimum atomic E-state index is 0.278. The molecule has 0 spiro atoms. The highest BCUT2D eigenvalue weighted by molar-refractivity contribution is 6.41. The van der Waals surface area contributed by atoms with Crippen LogP contribution in [0, 0.1) is 0 Å². The Hall–Kier alpha value is -1.62. The molecule has 6 heteroatoms. The summed E-state index contributed by atoms with van der Waals surface area (Å²) in [5, 5.41) is 0.706. The number of benzene rings is 1. The largest absolute Gasteiger partial charge is 0.330 e. The zero-order chi connectivity index (χ0) is 15.7. The molecular formula is C16H16Cl2N4. The molecule has 0 saturated carbocycles. The van der Waals surface area contributed by atoms with Gasteiger partial charge in [0.15, 0.2) is 5.65 Å². The third-order valence-corrected chi connectivity index (χ3v) is 4.24. The summed E-state index contributed by atoms with van der Waals surface area (Å²) in [6.07, 6.45) is 1.66. The van der Waals surface area contributed by atoms with Gasteiger partial charge in [-0.25, -0.2) is 9.97 Å². The molecule has 2 aromatic heterocycles. The van der Waals surface area contributed by atoms with E-state index >= 15 is 0 Å². The SMILES string of the molecule is CCc1nc2nc(Cl)c(Cl)cc2n1-c1ccc(CCN)cc1. The van der Waals surface area contributed by atoms with Crippen molar-refractivity contribution in [3.63, 3.8) is 0 Å². The Morgan fingerprint density at radius 1 is 1.14 bits per heavy atom. The average molecular weight is 335 g/mol. The molecule has 0 fully saturated rings. The van der Waals surface area contributed by atoms with E-state index in [2.05, 4.69) is 45.7 Å². The van der Waals surface area contributed by atoms with Crippen molar-refractivity contribution in [1.82, 2.24) is 14.5 Å². The molecular weight excluding hydrogens is 319 g/mol. The van der Waals surface area contributed by atoms with Gasteiger partial charge in [0, 0.05) is 12.1 Å². The maximum Gasteiger partial charge on any atom is 0.179 e. The average Bonchev–Trinajstić information content (AvgIpc) is 2.86. The first-order valence-electron chi connectivity index (χ1n) is 7.16. The normalized spacial score (nSPS) is 11.3. The van der Waals surface area contributed by atoms with Crippen LogP contribution in [0.4, 0.5) is 0 Å². The Balaban J connectivity index is 2.17. The summed E-state index contributed by atoms with van der Waals surface area (Å²) in [6, 6.07) is 10.1. The van der Waals surface area contributed by atoms with E-state index in [0.717, 1.165) is 29.9 Å². The smallest absolute Gasteiger partial charge is 0.179 e. The van der Waals surface area contributed by atoms with Crippen molar-refractivity contribution < 1.29 is 0 Å². The van der Waals surface area contributed by atoms with Crippen LogP contribution >= 0.6 is 23.2 Å². The first-order chi connectivity index (χ1) is 10.6. The molecule has 0 aliphatic carbocycles. The number of hydrogen-bond acceptors (Lipinski definition) is 3. The zero-order valence-corrected chi connectivity index (χ0v) is 13.7. The number of fused-ring (bicyclic) bond motifs is 1. The van der Waals surface area contributed by atoms with Gasteiger partial charge in [-0.3, -0.25) is 4.57 Å². The summed E-state index contributed by atoms with van der Waals surface area (Å²) in [7, 11) is 0. The van der Waals surface area contributed by atoms with Crippen LogP contribution in [0.5, 0.6) is 0 Å². The van der Waals surface area contributed by atoms with Gasteiger partial charge in [0.05, 0.1) is 10.5 Å². The molecule has 4 nitrogen and oxygen atoms in total. The van der Waals surface area contributed by atoms with E-state index in [1.807, 2.05) is 6.07 Å². The summed E-state index contributed by atoms with van der Waals surface area (Å²) < 4.78 is 2.07. The molecule has 0 saturated heterocycles. The van der Waals surface area contributed by atoms with E-state index in [9.17, 15) is 0 Å². The number of aromatic nitrogens is 3. The van der Waals surface area contributed by atoms with Gasteiger partial charge >= 0.3 is 0 Å². The third kappa shape index (κ3) is 2.70. The first kappa shape index (κ1) is 15.3. The highest BCUT2D eigenvalue weighted by Crippen LogP contribution is 2.27. The fraction of sp³-hybridized carbons (Fsp3) is 0.250. The molecule has 114 valence electrons. The van der Waals surface area contributed by atoms with Crippen LogP contribution in [0.2, 0.25) is 10.2 Å². The predicted molar refractivity (Wildman–Crippen MR) is 91.0 cm³/mol. The fourth-order valence-corrected chi connectivity index (χ4v) is 2.79. The van der Waals surface area contributed by atoms with Crippen molar-refractivity contribution in [2.24, 2.45) is 5.73 Å². The predicted octanol–water partition coefficient (Wildman–Crippen LogP) is 3.79. The monoisotopic (exact) mass is 334 g/mol. The van der Waals surface area contributed by atoms with Gasteiger partial charge in [0.2, 0.25) is 0 Å². The maximum absolute atomic E-state index is 6.12. The van der Waals surface area contributed by atoms with Gasteiger partial charge in [0.25, 0.3) is 0 Å². The van der Waals surface area contributed by atoms with E-state index in [1.54, 1.807) is 0 Å². The molecule has 0 aliphatic rings. The van der Waals surface area contributed by atoms with E-state index in [4.69, 9.17) is 28.9 Å². The number of nitrogens with zero attached hydrogens (tertiary/aromatic N) is 3. The second-order valence-corrected chi connectivity index (χ2v) is 5.79. The van der Waals surface area contributed by atoms with Crippen LogP contribution < -0.4 is 5.73 Å². The highest BCUT2D eigenvalue weighted by atomic mass is 35.5. The van der Waals surface area contributed by atoms with Crippen LogP contribution in [-0.4, -0.2) is 21.1 Å². The topological polar surface area (TPSA) is 56.7 Å². The second kappa shape index (κ2) is 6.24. The molecule has 0 unspecified atom stereocenters. The van der Waals surface area contributed by atoms with Crippen LogP contribution in [0.1, 0.15) is 18.3 Å². The lowest BCUT2D eigenvalue weighted by molar-refractivity contribution is 0.904. The lowest BCUT2D eigenvalue weighted by atomic mass is 10.1. The number of imidazole rings is 1. The number of halogens is 2. The minimum absolute atomic E-state index is 0.278. The first-order valence-corrected chi connectivity index (χ1v) is 7.92. The lowest BCUT2D eigenvalue weighted by Gasteiger charge is -2.09. The van der Waals surface area contributed by atoms with E-state index < -0.39 is 0 Å². The number of aryl methyl sites for hydroxylation is 1. The standard InChI is InChI=1S/C16H16Cl2N4/c1-2-14-20-16-13(9-12(17)15(18)21-16)22(14)11-5-3-10(4-6-11)7-8-19/h3-6,9H,2,7-8,19H2,1H3.